The van der Waals surface area contributed by atoms with Crippen molar-refractivity contribution < 1.29 is 9.59 Å². The molecule has 1 aromatic heterocycles. The summed E-state index contributed by atoms with van der Waals surface area (Å²) in [6, 6.07) is 35.7. The molecule has 1 atom stereocenters. The summed E-state index contributed by atoms with van der Waals surface area (Å²) in [5.74, 6) is -0.267. The number of thiazole rings is 1. The van der Waals surface area contributed by atoms with Gasteiger partial charge in [0.25, 0.3) is 5.91 Å². The van der Waals surface area contributed by atoms with Gasteiger partial charge in [-0.2, -0.15) is 0 Å². The molecule has 202 valence electrons. The van der Waals surface area contributed by atoms with Crippen molar-refractivity contribution in [2.24, 2.45) is 0 Å². The molecule has 0 spiro atoms. The molecule has 1 unspecified atom stereocenters. The SMILES string of the molecule is CCC(Sc1cccc(NC(=O)c2ccc3ccccc3c2)c1)C(=O)Nc1nc(-c2ccc3ccccc3c2)cs1. The fraction of sp³-hybridized carbons (Fsp3) is 0.0882. The summed E-state index contributed by atoms with van der Waals surface area (Å²) >= 11 is 2.89. The molecule has 6 aromatic rings. The fourth-order valence-corrected chi connectivity index (χ4v) is 6.40. The first-order valence-corrected chi connectivity index (χ1v) is 15.1. The summed E-state index contributed by atoms with van der Waals surface area (Å²) in [6.45, 7) is 1.99. The lowest BCUT2D eigenvalue weighted by Gasteiger charge is -2.14. The maximum absolute atomic E-state index is 13.2. The Hall–Kier alpha value is -4.46. The van der Waals surface area contributed by atoms with Crippen LogP contribution in [-0.2, 0) is 4.79 Å². The third-order valence-electron chi connectivity index (χ3n) is 6.82. The zero-order chi connectivity index (χ0) is 28.2. The highest BCUT2D eigenvalue weighted by Crippen LogP contribution is 2.31. The van der Waals surface area contributed by atoms with Gasteiger partial charge in [-0.15, -0.1) is 23.1 Å². The average molecular weight is 574 g/mol. The zero-order valence-electron chi connectivity index (χ0n) is 22.3. The van der Waals surface area contributed by atoms with Crippen molar-refractivity contribution in [3.63, 3.8) is 0 Å². The van der Waals surface area contributed by atoms with Crippen LogP contribution in [0.2, 0.25) is 0 Å². The number of carbonyl (C=O) groups excluding carboxylic acids is 2. The van der Waals surface area contributed by atoms with E-state index < -0.39 is 0 Å². The van der Waals surface area contributed by atoms with E-state index in [0.717, 1.165) is 32.3 Å². The Balaban J connectivity index is 1.11. The van der Waals surface area contributed by atoms with E-state index in [9.17, 15) is 9.59 Å². The summed E-state index contributed by atoms with van der Waals surface area (Å²) in [5, 5.41) is 12.7. The lowest BCUT2D eigenvalue weighted by Crippen LogP contribution is -2.24. The first kappa shape index (κ1) is 26.7. The van der Waals surface area contributed by atoms with Crippen LogP contribution in [0, 0.1) is 0 Å². The molecule has 2 amide bonds. The number of aromatic nitrogens is 1. The number of nitrogens with one attached hydrogen (secondary N) is 2. The van der Waals surface area contributed by atoms with Crippen molar-refractivity contribution in [2.75, 3.05) is 10.6 Å². The molecule has 6 rings (SSSR count). The number of nitrogens with zero attached hydrogens (tertiary/aromatic N) is 1. The number of anilines is 2. The van der Waals surface area contributed by atoms with Crippen molar-refractivity contribution in [3.8, 4) is 11.3 Å². The number of amides is 2. The van der Waals surface area contributed by atoms with Gasteiger partial charge in [0.05, 0.1) is 10.9 Å². The van der Waals surface area contributed by atoms with Crippen molar-refractivity contribution in [1.82, 2.24) is 4.98 Å². The largest absolute Gasteiger partial charge is 0.322 e. The van der Waals surface area contributed by atoms with Gasteiger partial charge in [0.1, 0.15) is 0 Å². The standard InChI is InChI=1S/C34H27N3O2S2/c1-2-31(33(39)37-34-36-30(21-40-34)26-16-14-22-8-3-5-10-24(22)18-26)41-29-13-7-12-28(20-29)35-32(38)27-17-15-23-9-4-6-11-25(23)19-27/h3-21,31H,2H2,1H3,(H,35,38)(H,36,37,39). The molecule has 0 aliphatic rings. The van der Waals surface area contributed by atoms with E-state index in [1.807, 2.05) is 91.2 Å². The highest BCUT2D eigenvalue weighted by molar-refractivity contribution is 8.00. The summed E-state index contributed by atoms with van der Waals surface area (Å²) in [6.07, 6.45) is 0.646. The van der Waals surface area contributed by atoms with Crippen LogP contribution in [0.3, 0.4) is 0 Å². The van der Waals surface area contributed by atoms with Gasteiger partial charge in [-0.1, -0.05) is 79.7 Å². The van der Waals surface area contributed by atoms with E-state index in [0.29, 0.717) is 22.8 Å². The second-order valence-electron chi connectivity index (χ2n) is 9.65. The molecule has 0 bridgehead atoms. The summed E-state index contributed by atoms with van der Waals surface area (Å²) in [7, 11) is 0. The Kier molecular flexibility index (Phi) is 7.80. The smallest absolute Gasteiger partial charge is 0.255 e. The van der Waals surface area contributed by atoms with E-state index in [4.69, 9.17) is 0 Å². The first-order valence-electron chi connectivity index (χ1n) is 13.4. The number of hydrogen-bond acceptors (Lipinski definition) is 5. The third-order valence-corrected chi connectivity index (χ3v) is 8.94. The van der Waals surface area contributed by atoms with E-state index in [-0.39, 0.29) is 17.1 Å². The highest BCUT2D eigenvalue weighted by atomic mass is 32.2. The summed E-state index contributed by atoms with van der Waals surface area (Å²) in [4.78, 5) is 31.7. The number of carbonyl (C=O) groups is 2. The maximum Gasteiger partial charge on any atom is 0.255 e. The summed E-state index contributed by atoms with van der Waals surface area (Å²) < 4.78 is 0. The van der Waals surface area contributed by atoms with Crippen LogP contribution < -0.4 is 10.6 Å². The molecule has 2 N–H and O–H groups in total. The molecule has 0 radical (unpaired) electrons. The number of hydrogen-bond donors (Lipinski definition) is 2. The first-order chi connectivity index (χ1) is 20.1. The minimum atomic E-state index is -0.311. The number of fused-ring (bicyclic) bond motifs is 2. The Labute approximate surface area is 246 Å². The van der Waals surface area contributed by atoms with E-state index >= 15 is 0 Å². The fourth-order valence-electron chi connectivity index (χ4n) is 4.67. The highest BCUT2D eigenvalue weighted by Gasteiger charge is 2.20. The minimum Gasteiger partial charge on any atom is -0.322 e. The lowest BCUT2D eigenvalue weighted by atomic mass is 10.1. The van der Waals surface area contributed by atoms with Crippen LogP contribution in [-0.4, -0.2) is 22.0 Å². The maximum atomic E-state index is 13.2. The van der Waals surface area contributed by atoms with Gasteiger partial charge in [-0.25, -0.2) is 4.98 Å². The van der Waals surface area contributed by atoms with Gasteiger partial charge in [-0.05, 0) is 64.4 Å². The molecule has 41 heavy (non-hydrogen) atoms. The predicted molar refractivity (Wildman–Crippen MR) is 172 cm³/mol. The van der Waals surface area contributed by atoms with Crippen molar-refractivity contribution >= 4 is 67.3 Å². The number of benzene rings is 5. The van der Waals surface area contributed by atoms with E-state index in [1.165, 1.54) is 28.5 Å². The van der Waals surface area contributed by atoms with E-state index in [2.05, 4.69) is 45.9 Å². The van der Waals surface area contributed by atoms with Crippen LogP contribution in [0.1, 0.15) is 23.7 Å². The molecule has 0 saturated heterocycles. The van der Waals surface area contributed by atoms with Gasteiger partial charge in [-0.3, -0.25) is 9.59 Å². The lowest BCUT2D eigenvalue weighted by molar-refractivity contribution is -0.115. The Morgan fingerprint density at radius 3 is 2.24 bits per heavy atom. The molecular formula is C34H27N3O2S2. The van der Waals surface area contributed by atoms with Gasteiger partial charge in [0.15, 0.2) is 5.13 Å². The average Bonchev–Trinajstić information content (AvgIpc) is 3.48. The molecule has 0 saturated carbocycles. The normalized spacial score (nSPS) is 11.8. The Bertz CT molecular complexity index is 1880. The van der Waals surface area contributed by atoms with E-state index in [1.54, 1.807) is 0 Å². The summed E-state index contributed by atoms with van der Waals surface area (Å²) in [5.41, 5.74) is 3.14. The van der Waals surface area contributed by atoms with Crippen molar-refractivity contribution in [2.45, 2.75) is 23.5 Å². The quantitative estimate of drug-likeness (QED) is 0.178. The van der Waals surface area contributed by atoms with Crippen LogP contribution in [0.5, 0.6) is 0 Å². The van der Waals surface area contributed by atoms with Crippen LogP contribution in [0.4, 0.5) is 10.8 Å². The molecule has 5 aromatic carbocycles. The molecule has 0 fully saturated rings. The van der Waals surface area contributed by atoms with Crippen LogP contribution in [0.15, 0.2) is 119 Å². The molecule has 7 heteroatoms. The molecule has 5 nitrogen and oxygen atoms in total. The second-order valence-corrected chi connectivity index (χ2v) is 11.8. The Morgan fingerprint density at radius 1 is 0.780 bits per heavy atom. The predicted octanol–water partition coefficient (Wildman–Crippen LogP) is 8.88. The topological polar surface area (TPSA) is 71.1 Å². The number of thioether (sulfide) groups is 1. The van der Waals surface area contributed by atoms with Gasteiger partial charge in [0, 0.05) is 27.1 Å². The van der Waals surface area contributed by atoms with Crippen LogP contribution >= 0.6 is 23.1 Å². The van der Waals surface area contributed by atoms with Gasteiger partial charge in [0.2, 0.25) is 5.91 Å². The molecule has 0 aliphatic carbocycles. The molecule has 1 heterocycles. The van der Waals surface area contributed by atoms with Crippen molar-refractivity contribution in [3.05, 3.63) is 120 Å². The Morgan fingerprint density at radius 2 is 1.49 bits per heavy atom. The second kappa shape index (κ2) is 12.0. The van der Waals surface area contributed by atoms with Crippen molar-refractivity contribution in [1.29, 1.82) is 0 Å². The third kappa shape index (κ3) is 6.16. The van der Waals surface area contributed by atoms with Gasteiger partial charge < -0.3 is 10.6 Å². The minimum absolute atomic E-state index is 0.0949. The molecule has 0 aliphatic heterocycles. The number of rotatable bonds is 8. The van der Waals surface area contributed by atoms with Crippen LogP contribution in [0.25, 0.3) is 32.8 Å². The monoisotopic (exact) mass is 573 g/mol. The zero-order valence-corrected chi connectivity index (χ0v) is 24.0. The molecular weight excluding hydrogens is 547 g/mol. The van der Waals surface area contributed by atoms with Gasteiger partial charge >= 0.3 is 0 Å².